The molecule has 0 saturated heterocycles. The van der Waals surface area contributed by atoms with Gasteiger partial charge in [0, 0.05) is 34.6 Å². The number of rotatable bonds is 0. The van der Waals surface area contributed by atoms with Gasteiger partial charge in [0.15, 0.2) is 0 Å². The van der Waals surface area contributed by atoms with E-state index in [9.17, 15) is 4.39 Å². The standard InChI is InChI=1S/C21H18ClFN2/c1-14-21-18(10-11-24(14)2)19-13-16(22)5-8-20(19)25(21)12-9-15-3-6-17(23)7-4-15/h3-8,13-14H,10-11H2,1-2H3. The van der Waals surface area contributed by atoms with Crippen LogP contribution in [-0.4, -0.2) is 23.1 Å². The van der Waals surface area contributed by atoms with E-state index < -0.39 is 0 Å². The third kappa shape index (κ3) is 2.82. The summed E-state index contributed by atoms with van der Waals surface area (Å²) in [6.07, 6.45) is 0.984. The number of hydrogen-bond donors (Lipinski definition) is 0. The molecule has 4 heteroatoms. The van der Waals surface area contributed by atoms with Gasteiger partial charge in [0.05, 0.1) is 11.2 Å². The van der Waals surface area contributed by atoms with Gasteiger partial charge in [0.2, 0.25) is 0 Å². The minimum absolute atomic E-state index is 0.251. The normalized spacial score (nSPS) is 17.2. The highest BCUT2D eigenvalue weighted by atomic mass is 35.5. The molecule has 0 N–H and O–H groups in total. The molecule has 1 aliphatic rings. The smallest absolute Gasteiger partial charge is 0.123 e. The minimum atomic E-state index is -0.251. The number of hydrogen-bond acceptors (Lipinski definition) is 1. The van der Waals surface area contributed by atoms with Crippen LogP contribution in [-0.2, 0) is 6.42 Å². The van der Waals surface area contributed by atoms with Crippen molar-refractivity contribution in [3.8, 4) is 12.0 Å². The lowest BCUT2D eigenvalue weighted by Crippen LogP contribution is -2.31. The van der Waals surface area contributed by atoms with Crippen LogP contribution >= 0.6 is 11.6 Å². The molecule has 25 heavy (non-hydrogen) atoms. The van der Waals surface area contributed by atoms with Gasteiger partial charge in [-0.3, -0.25) is 9.47 Å². The third-order valence-corrected chi connectivity index (χ3v) is 5.24. The SMILES string of the molecule is CC1c2c(c3cc(Cl)ccc3n2C#Cc2ccc(F)cc2)CCN1C. The Labute approximate surface area is 151 Å². The highest BCUT2D eigenvalue weighted by Gasteiger charge is 2.27. The van der Waals surface area contributed by atoms with Gasteiger partial charge < -0.3 is 0 Å². The average Bonchev–Trinajstić information content (AvgIpc) is 2.91. The van der Waals surface area contributed by atoms with Gasteiger partial charge in [-0.2, -0.15) is 0 Å². The Balaban J connectivity index is 1.92. The van der Waals surface area contributed by atoms with Crippen LogP contribution in [0.25, 0.3) is 10.9 Å². The highest BCUT2D eigenvalue weighted by molar-refractivity contribution is 6.31. The van der Waals surface area contributed by atoms with Gasteiger partial charge >= 0.3 is 0 Å². The Morgan fingerprint density at radius 2 is 1.92 bits per heavy atom. The average molecular weight is 353 g/mol. The van der Waals surface area contributed by atoms with Crippen LogP contribution < -0.4 is 0 Å². The van der Waals surface area contributed by atoms with Gasteiger partial charge in [-0.1, -0.05) is 11.6 Å². The van der Waals surface area contributed by atoms with Gasteiger partial charge in [0.25, 0.3) is 0 Å². The van der Waals surface area contributed by atoms with Crippen LogP contribution in [0.3, 0.4) is 0 Å². The number of nitrogens with zero attached hydrogens (tertiary/aromatic N) is 2. The van der Waals surface area contributed by atoms with Crippen molar-refractivity contribution >= 4 is 22.5 Å². The Morgan fingerprint density at radius 3 is 2.68 bits per heavy atom. The molecule has 3 aromatic rings. The van der Waals surface area contributed by atoms with Crippen LogP contribution in [0.15, 0.2) is 42.5 Å². The molecule has 4 rings (SSSR count). The fraction of sp³-hybridized carbons (Fsp3) is 0.238. The number of benzene rings is 2. The summed E-state index contributed by atoms with van der Waals surface area (Å²) in [7, 11) is 2.13. The maximum Gasteiger partial charge on any atom is 0.123 e. The van der Waals surface area contributed by atoms with Crippen molar-refractivity contribution in [2.45, 2.75) is 19.4 Å². The molecule has 0 aliphatic carbocycles. The van der Waals surface area contributed by atoms with Crippen LogP contribution in [0.2, 0.25) is 5.02 Å². The summed E-state index contributed by atoms with van der Waals surface area (Å²) in [4.78, 5) is 2.33. The first-order valence-corrected chi connectivity index (χ1v) is 8.73. The first-order valence-electron chi connectivity index (χ1n) is 8.35. The summed E-state index contributed by atoms with van der Waals surface area (Å²) in [5.74, 6) is 2.91. The lowest BCUT2D eigenvalue weighted by atomic mass is 9.99. The molecule has 1 aliphatic heterocycles. The molecular formula is C21H18ClFN2. The molecule has 2 aromatic carbocycles. The Bertz CT molecular complexity index is 1010. The summed E-state index contributed by atoms with van der Waals surface area (Å²) in [5.41, 5.74) is 4.42. The molecule has 126 valence electrons. The fourth-order valence-corrected chi connectivity index (χ4v) is 3.69. The Morgan fingerprint density at radius 1 is 1.16 bits per heavy atom. The first-order chi connectivity index (χ1) is 12.0. The summed E-state index contributed by atoms with van der Waals surface area (Å²) >= 11 is 6.23. The molecule has 1 atom stereocenters. The van der Waals surface area contributed by atoms with E-state index in [1.165, 1.54) is 28.8 Å². The Hall–Kier alpha value is -2.28. The summed E-state index contributed by atoms with van der Waals surface area (Å²) in [6, 6.07) is 15.8. The second-order valence-corrected chi connectivity index (χ2v) is 6.95. The highest BCUT2D eigenvalue weighted by Crippen LogP contribution is 2.36. The van der Waals surface area contributed by atoms with Crippen molar-refractivity contribution in [2.75, 3.05) is 13.6 Å². The molecule has 1 unspecified atom stereocenters. The third-order valence-electron chi connectivity index (χ3n) is 5.00. The maximum absolute atomic E-state index is 13.1. The molecule has 0 fully saturated rings. The minimum Gasteiger partial charge on any atom is -0.298 e. The van der Waals surface area contributed by atoms with Crippen LogP contribution in [0.4, 0.5) is 4.39 Å². The number of aromatic nitrogens is 1. The molecule has 0 spiro atoms. The van der Waals surface area contributed by atoms with Crippen molar-refractivity contribution in [1.82, 2.24) is 9.47 Å². The summed E-state index contributed by atoms with van der Waals surface area (Å²) in [6.45, 7) is 3.22. The quantitative estimate of drug-likeness (QED) is 0.525. The van der Waals surface area contributed by atoms with E-state index in [0.29, 0.717) is 0 Å². The molecular weight excluding hydrogens is 335 g/mol. The van der Waals surface area contributed by atoms with Gasteiger partial charge in [0.1, 0.15) is 5.82 Å². The Kier molecular flexibility index (Phi) is 4.03. The molecule has 2 heterocycles. The molecule has 0 saturated carbocycles. The maximum atomic E-state index is 13.1. The molecule has 1 aromatic heterocycles. The predicted molar refractivity (Wildman–Crippen MR) is 100 cm³/mol. The van der Waals surface area contributed by atoms with E-state index in [4.69, 9.17) is 11.6 Å². The number of likely N-dealkylation sites (N-methyl/N-ethyl adjacent to an activating group) is 1. The van der Waals surface area contributed by atoms with Gasteiger partial charge in [-0.25, -0.2) is 4.39 Å². The van der Waals surface area contributed by atoms with E-state index in [2.05, 4.69) is 35.4 Å². The molecule has 0 radical (unpaired) electrons. The van der Waals surface area contributed by atoms with Crippen LogP contribution in [0.5, 0.6) is 0 Å². The zero-order chi connectivity index (χ0) is 17.6. The van der Waals surface area contributed by atoms with Crippen molar-refractivity contribution in [3.63, 3.8) is 0 Å². The largest absolute Gasteiger partial charge is 0.298 e. The molecule has 0 amide bonds. The van der Waals surface area contributed by atoms with Crippen molar-refractivity contribution in [2.24, 2.45) is 0 Å². The first kappa shape index (κ1) is 16.2. The number of fused-ring (bicyclic) bond motifs is 3. The fourth-order valence-electron chi connectivity index (χ4n) is 3.51. The second-order valence-electron chi connectivity index (χ2n) is 6.51. The van der Waals surface area contributed by atoms with E-state index in [1.54, 1.807) is 12.1 Å². The lowest BCUT2D eigenvalue weighted by molar-refractivity contribution is 0.242. The predicted octanol–water partition coefficient (Wildman–Crippen LogP) is 4.84. The zero-order valence-electron chi connectivity index (χ0n) is 14.2. The molecule has 0 bridgehead atoms. The second kappa shape index (κ2) is 6.22. The van der Waals surface area contributed by atoms with Gasteiger partial charge in [-0.15, -0.1) is 0 Å². The van der Waals surface area contributed by atoms with Crippen molar-refractivity contribution in [3.05, 3.63) is 70.1 Å². The lowest BCUT2D eigenvalue weighted by Gasteiger charge is -2.30. The van der Waals surface area contributed by atoms with Crippen LogP contribution in [0.1, 0.15) is 29.8 Å². The summed E-state index contributed by atoms with van der Waals surface area (Å²) in [5, 5.41) is 1.92. The van der Waals surface area contributed by atoms with E-state index in [-0.39, 0.29) is 11.9 Å². The van der Waals surface area contributed by atoms with Crippen molar-refractivity contribution in [1.29, 1.82) is 0 Å². The van der Waals surface area contributed by atoms with Crippen molar-refractivity contribution < 1.29 is 4.39 Å². The topological polar surface area (TPSA) is 8.17 Å². The van der Waals surface area contributed by atoms with E-state index in [1.807, 2.05) is 18.2 Å². The number of halogens is 2. The molecule has 2 nitrogen and oxygen atoms in total. The summed E-state index contributed by atoms with van der Waals surface area (Å²) < 4.78 is 15.2. The van der Waals surface area contributed by atoms with E-state index >= 15 is 0 Å². The van der Waals surface area contributed by atoms with Gasteiger partial charge in [-0.05, 0) is 74.3 Å². The zero-order valence-corrected chi connectivity index (χ0v) is 14.9. The van der Waals surface area contributed by atoms with E-state index in [0.717, 1.165) is 29.1 Å². The van der Waals surface area contributed by atoms with Crippen LogP contribution in [0, 0.1) is 17.8 Å². The monoisotopic (exact) mass is 352 g/mol.